The second-order valence-corrected chi connectivity index (χ2v) is 9.69. The predicted molar refractivity (Wildman–Crippen MR) is 138 cm³/mol. The highest BCUT2D eigenvalue weighted by molar-refractivity contribution is 8.18. The molecule has 0 aliphatic carbocycles. The Labute approximate surface area is 200 Å². The number of rotatable bonds is 6. The standard InChI is InChI=1S/C26H23N3O2S2/c1-17-12-14-32-23(17)15-24-25(30)29(13-11-18-16-27-22-6-4-3-5-21(18)22)26(33-24)28-19-7-9-20(31-2)10-8-19/h3-10,12,14-16,27H,11,13H2,1-2H3. The quantitative estimate of drug-likeness (QED) is 0.330. The number of carbonyl (C=O) groups excluding carboxylic acids is 1. The number of amides is 1. The number of hydrogen-bond acceptors (Lipinski definition) is 5. The zero-order valence-electron chi connectivity index (χ0n) is 18.4. The molecule has 2 aromatic carbocycles. The van der Waals surface area contributed by atoms with Crippen molar-refractivity contribution in [2.75, 3.05) is 13.7 Å². The predicted octanol–water partition coefficient (Wildman–Crippen LogP) is 6.39. The van der Waals surface area contributed by atoms with Crippen LogP contribution in [0.5, 0.6) is 5.75 Å². The van der Waals surface area contributed by atoms with Crippen LogP contribution in [0.25, 0.3) is 17.0 Å². The first-order chi connectivity index (χ1) is 16.1. The van der Waals surface area contributed by atoms with Crippen LogP contribution in [-0.4, -0.2) is 34.6 Å². The molecule has 5 rings (SSSR count). The molecule has 1 fully saturated rings. The van der Waals surface area contributed by atoms with Gasteiger partial charge in [-0.15, -0.1) is 11.3 Å². The number of nitrogens with zero attached hydrogens (tertiary/aromatic N) is 2. The molecule has 1 saturated heterocycles. The number of benzene rings is 2. The number of thiophene rings is 1. The fraction of sp³-hybridized carbons (Fsp3) is 0.154. The number of ether oxygens (including phenoxy) is 1. The molecule has 3 heterocycles. The number of aromatic nitrogens is 1. The summed E-state index contributed by atoms with van der Waals surface area (Å²) < 4.78 is 5.25. The minimum atomic E-state index is -0.0000899. The molecule has 33 heavy (non-hydrogen) atoms. The first kappa shape index (κ1) is 21.6. The highest BCUT2D eigenvalue weighted by Crippen LogP contribution is 2.36. The number of amidine groups is 1. The second-order valence-electron chi connectivity index (χ2n) is 7.74. The normalized spacial score (nSPS) is 16.4. The van der Waals surface area contributed by atoms with Gasteiger partial charge in [0, 0.05) is 28.5 Å². The molecule has 1 aliphatic rings. The fourth-order valence-electron chi connectivity index (χ4n) is 3.78. The van der Waals surface area contributed by atoms with E-state index in [0.717, 1.165) is 28.3 Å². The number of aromatic amines is 1. The number of aryl methyl sites for hydroxylation is 1. The molecule has 1 amide bonds. The molecule has 0 saturated carbocycles. The van der Waals surface area contributed by atoms with Crippen molar-refractivity contribution < 1.29 is 9.53 Å². The molecule has 0 bridgehead atoms. The van der Waals surface area contributed by atoms with Crippen LogP contribution in [0.1, 0.15) is 16.0 Å². The van der Waals surface area contributed by atoms with Gasteiger partial charge in [0.25, 0.3) is 5.91 Å². The van der Waals surface area contributed by atoms with Gasteiger partial charge in [-0.2, -0.15) is 0 Å². The lowest BCUT2D eigenvalue weighted by Gasteiger charge is -2.15. The number of methoxy groups -OCH3 is 1. The van der Waals surface area contributed by atoms with Crippen molar-refractivity contribution in [2.45, 2.75) is 13.3 Å². The van der Waals surface area contributed by atoms with Crippen LogP contribution in [0.2, 0.25) is 0 Å². The molecule has 0 unspecified atom stereocenters. The molecule has 0 spiro atoms. The molecule has 166 valence electrons. The largest absolute Gasteiger partial charge is 0.497 e. The Balaban J connectivity index is 1.45. The van der Waals surface area contributed by atoms with Gasteiger partial charge in [0.1, 0.15) is 5.75 Å². The summed E-state index contributed by atoms with van der Waals surface area (Å²) in [4.78, 5) is 25.1. The van der Waals surface area contributed by atoms with Crippen molar-refractivity contribution in [2.24, 2.45) is 4.99 Å². The van der Waals surface area contributed by atoms with E-state index in [-0.39, 0.29) is 5.91 Å². The van der Waals surface area contributed by atoms with Crippen molar-refractivity contribution in [1.29, 1.82) is 0 Å². The summed E-state index contributed by atoms with van der Waals surface area (Å²) in [6.07, 6.45) is 4.76. The smallest absolute Gasteiger partial charge is 0.266 e. The fourth-order valence-corrected chi connectivity index (χ4v) is 5.72. The van der Waals surface area contributed by atoms with Crippen molar-refractivity contribution in [1.82, 2.24) is 9.88 Å². The lowest BCUT2D eigenvalue weighted by molar-refractivity contribution is -0.122. The SMILES string of the molecule is COc1ccc(N=C2SC(=Cc3sccc3C)C(=O)N2CCc2c[nH]c3ccccc23)cc1. The number of para-hydroxylation sites is 1. The summed E-state index contributed by atoms with van der Waals surface area (Å²) in [5.41, 5.74) is 4.26. The van der Waals surface area contributed by atoms with E-state index >= 15 is 0 Å². The second kappa shape index (κ2) is 9.29. The van der Waals surface area contributed by atoms with E-state index in [9.17, 15) is 4.79 Å². The Kier molecular flexibility index (Phi) is 6.07. The number of hydrogen-bond donors (Lipinski definition) is 1. The Morgan fingerprint density at radius 2 is 1.94 bits per heavy atom. The maximum Gasteiger partial charge on any atom is 0.266 e. The third-order valence-corrected chi connectivity index (χ3v) is 7.60. The number of aliphatic imine (C=N–C) groups is 1. The van der Waals surface area contributed by atoms with Crippen LogP contribution >= 0.6 is 23.1 Å². The van der Waals surface area contributed by atoms with Crippen LogP contribution in [-0.2, 0) is 11.2 Å². The third kappa shape index (κ3) is 4.47. The average Bonchev–Trinajstić information content (AvgIpc) is 3.52. The Morgan fingerprint density at radius 1 is 1.12 bits per heavy atom. The Bertz CT molecular complexity index is 1370. The minimum absolute atomic E-state index is 0.0000899. The van der Waals surface area contributed by atoms with E-state index in [4.69, 9.17) is 9.73 Å². The third-order valence-electron chi connectivity index (χ3n) is 5.63. The minimum Gasteiger partial charge on any atom is -0.497 e. The highest BCUT2D eigenvalue weighted by Gasteiger charge is 2.33. The van der Waals surface area contributed by atoms with Crippen molar-refractivity contribution in [3.8, 4) is 5.75 Å². The number of nitrogens with one attached hydrogen (secondary N) is 1. The van der Waals surface area contributed by atoms with Gasteiger partial charge in [-0.25, -0.2) is 4.99 Å². The van der Waals surface area contributed by atoms with Crippen LogP contribution in [0.15, 0.2) is 76.1 Å². The van der Waals surface area contributed by atoms with Crippen molar-refractivity contribution in [3.63, 3.8) is 0 Å². The molecule has 1 N–H and O–H groups in total. The first-order valence-corrected chi connectivity index (χ1v) is 12.4. The average molecular weight is 474 g/mol. The zero-order chi connectivity index (χ0) is 22.8. The van der Waals surface area contributed by atoms with Gasteiger partial charge in [0.15, 0.2) is 5.17 Å². The van der Waals surface area contributed by atoms with E-state index in [2.05, 4.69) is 30.1 Å². The molecule has 2 aromatic heterocycles. The molecule has 5 nitrogen and oxygen atoms in total. The zero-order valence-corrected chi connectivity index (χ0v) is 20.0. The van der Waals surface area contributed by atoms with Crippen LogP contribution < -0.4 is 4.74 Å². The number of carbonyl (C=O) groups is 1. The highest BCUT2D eigenvalue weighted by atomic mass is 32.2. The van der Waals surface area contributed by atoms with E-state index in [1.165, 1.54) is 28.3 Å². The monoisotopic (exact) mass is 473 g/mol. The van der Waals surface area contributed by atoms with Gasteiger partial charge in [0.05, 0.1) is 17.7 Å². The lowest BCUT2D eigenvalue weighted by atomic mass is 10.1. The van der Waals surface area contributed by atoms with Crippen LogP contribution in [0, 0.1) is 6.92 Å². The molecule has 1 aliphatic heterocycles. The summed E-state index contributed by atoms with van der Waals surface area (Å²) in [6, 6.07) is 17.9. The molecule has 4 aromatic rings. The maximum absolute atomic E-state index is 13.4. The number of fused-ring (bicyclic) bond motifs is 1. The number of H-pyrrole nitrogens is 1. The van der Waals surface area contributed by atoms with Crippen molar-refractivity contribution in [3.05, 3.63) is 87.1 Å². The van der Waals surface area contributed by atoms with E-state index in [1.54, 1.807) is 23.3 Å². The van der Waals surface area contributed by atoms with Gasteiger partial charge in [-0.05, 0) is 84.1 Å². The van der Waals surface area contributed by atoms with E-state index in [0.29, 0.717) is 16.6 Å². The summed E-state index contributed by atoms with van der Waals surface area (Å²) in [5.74, 6) is 0.777. The van der Waals surface area contributed by atoms with E-state index < -0.39 is 0 Å². The summed E-state index contributed by atoms with van der Waals surface area (Å²) in [7, 11) is 1.64. The van der Waals surface area contributed by atoms with E-state index in [1.807, 2.05) is 54.1 Å². The van der Waals surface area contributed by atoms with Crippen molar-refractivity contribution >= 4 is 56.8 Å². The Morgan fingerprint density at radius 3 is 2.70 bits per heavy atom. The lowest BCUT2D eigenvalue weighted by Crippen LogP contribution is -2.31. The van der Waals surface area contributed by atoms with Gasteiger partial charge in [-0.3, -0.25) is 9.69 Å². The van der Waals surface area contributed by atoms with Gasteiger partial charge < -0.3 is 9.72 Å². The van der Waals surface area contributed by atoms with Gasteiger partial charge in [-0.1, -0.05) is 18.2 Å². The summed E-state index contributed by atoms with van der Waals surface area (Å²) >= 11 is 3.08. The molecular formula is C26H23N3O2S2. The summed E-state index contributed by atoms with van der Waals surface area (Å²) in [5, 5.41) is 3.94. The van der Waals surface area contributed by atoms with Gasteiger partial charge in [0.2, 0.25) is 0 Å². The van der Waals surface area contributed by atoms with Gasteiger partial charge >= 0.3 is 0 Å². The topological polar surface area (TPSA) is 57.7 Å². The van der Waals surface area contributed by atoms with Crippen LogP contribution in [0.3, 0.4) is 0 Å². The first-order valence-electron chi connectivity index (χ1n) is 10.7. The molecule has 7 heteroatoms. The number of thioether (sulfide) groups is 1. The molecular weight excluding hydrogens is 450 g/mol. The van der Waals surface area contributed by atoms with Crippen LogP contribution in [0.4, 0.5) is 5.69 Å². The molecule has 0 radical (unpaired) electrons. The summed E-state index contributed by atoms with van der Waals surface area (Å²) in [6.45, 7) is 2.62. The Hall–Kier alpha value is -3.29. The molecule has 0 atom stereocenters. The maximum atomic E-state index is 13.4.